The average molecular weight is 569 g/mol. The molecule has 0 bridgehead atoms. The summed E-state index contributed by atoms with van der Waals surface area (Å²) < 4.78 is 1.17. The van der Waals surface area contributed by atoms with Gasteiger partial charge in [0.15, 0.2) is 17.5 Å². The predicted octanol–water partition coefficient (Wildman–Crippen LogP) is 9.97. The topological polar surface area (TPSA) is 51.6 Å². The van der Waals surface area contributed by atoms with Crippen LogP contribution in [0.3, 0.4) is 0 Å². The average Bonchev–Trinajstić information content (AvgIpc) is 3.52. The van der Waals surface area contributed by atoms with Crippen molar-refractivity contribution in [1.29, 1.82) is 0 Å². The molecule has 0 N–H and O–H groups in total. The number of benzene rings is 6. The van der Waals surface area contributed by atoms with Crippen molar-refractivity contribution in [3.63, 3.8) is 0 Å². The Bertz CT molecular complexity index is 2170. The molecule has 0 fully saturated rings. The Labute approximate surface area is 253 Å². The van der Waals surface area contributed by atoms with Gasteiger partial charge in [0.2, 0.25) is 0 Å². The molecule has 2 aromatic heterocycles. The lowest BCUT2D eigenvalue weighted by Gasteiger charge is -2.13. The van der Waals surface area contributed by atoms with Crippen LogP contribution in [-0.4, -0.2) is 19.9 Å². The number of aromatic nitrogens is 4. The molecule has 0 saturated heterocycles. The van der Waals surface area contributed by atoms with Crippen molar-refractivity contribution in [3.05, 3.63) is 146 Å². The molecular formula is C38H24N4S. The molecule has 0 unspecified atom stereocenters. The lowest BCUT2D eigenvalue weighted by atomic mass is 9.94. The third kappa shape index (κ3) is 4.76. The molecule has 0 aliphatic rings. The molecule has 4 nitrogen and oxygen atoms in total. The third-order valence-corrected chi connectivity index (χ3v) is 8.65. The number of rotatable bonds is 5. The summed E-state index contributed by atoms with van der Waals surface area (Å²) in [5, 5.41) is 3.28. The van der Waals surface area contributed by atoms with Gasteiger partial charge in [0.1, 0.15) is 5.01 Å². The van der Waals surface area contributed by atoms with E-state index in [4.69, 9.17) is 19.9 Å². The van der Waals surface area contributed by atoms with Crippen LogP contribution in [0.4, 0.5) is 0 Å². The Morgan fingerprint density at radius 3 is 1.51 bits per heavy atom. The molecule has 8 rings (SSSR count). The Kier molecular flexibility index (Phi) is 6.28. The van der Waals surface area contributed by atoms with E-state index in [-0.39, 0.29) is 0 Å². The molecule has 0 aliphatic carbocycles. The first-order valence-corrected chi connectivity index (χ1v) is 15.0. The van der Waals surface area contributed by atoms with Gasteiger partial charge in [-0.2, -0.15) is 0 Å². The molecule has 202 valence electrons. The molecule has 0 radical (unpaired) electrons. The first-order valence-electron chi connectivity index (χ1n) is 14.2. The van der Waals surface area contributed by atoms with E-state index in [9.17, 15) is 0 Å². The summed E-state index contributed by atoms with van der Waals surface area (Å²) in [6.07, 6.45) is 0. The van der Waals surface area contributed by atoms with Crippen LogP contribution in [0.2, 0.25) is 0 Å². The zero-order valence-corrected chi connectivity index (χ0v) is 23.9. The second-order valence-corrected chi connectivity index (χ2v) is 11.3. The minimum atomic E-state index is 0.654. The Hall–Kier alpha value is -5.52. The number of thiazole rings is 1. The van der Waals surface area contributed by atoms with Crippen LogP contribution in [0, 0.1) is 0 Å². The van der Waals surface area contributed by atoms with Crippen molar-refractivity contribution in [2.24, 2.45) is 0 Å². The number of hydrogen-bond donors (Lipinski definition) is 0. The molecule has 8 aromatic rings. The maximum absolute atomic E-state index is 5.00. The van der Waals surface area contributed by atoms with E-state index in [1.165, 1.54) is 4.70 Å². The minimum Gasteiger partial charge on any atom is -0.236 e. The summed E-state index contributed by atoms with van der Waals surface area (Å²) in [5.41, 5.74) is 7.36. The smallest absolute Gasteiger partial charge is 0.164 e. The maximum atomic E-state index is 5.00. The lowest BCUT2D eigenvalue weighted by molar-refractivity contribution is 1.08. The Morgan fingerprint density at radius 1 is 0.372 bits per heavy atom. The standard InChI is InChI=1S/C38H24N4S/c1-4-12-25(13-5-1)35-40-36(26-14-6-2-7-15-26)42-37(41-35)32-22-21-29(30-18-10-11-19-31(30)32)28-20-23-33-34(24-28)43-38(39-33)27-16-8-3-9-17-27/h1-24H. The van der Waals surface area contributed by atoms with Crippen LogP contribution >= 0.6 is 11.3 Å². The van der Waals surface area contributed by atoms with Crippen LogP contribution in [0.15, 0.2) is 146 Å². The highest BCUT2D eigenvalue weighted by Crippen LogP contribution is 2.38. The summed E-state index contributed by atoms with van der Waals surface area (Å²) in [7, 11) is 0. The summed E-state index contributed by atoms with van der Waals surface area (Å²) in [6, 6.07) is 49.9. The quantitative estimate of drug-likeness (QED) is 0.207. The van der Waals surface area contributed by atoms with Crippen LogP contribution in [0.5, 0.6) is 0 Å². The van der Waals surface area contributed by atoms with Gasteiger partial charge in [-0.25, -0.2) is 19.9 Å². The fourth-order valence-corrected chi connectivity index (χ4v) is 6.48. The highest BCUT2D eigenvalue weighted by molar-refractivity contribution is 7.21. The zero-order chi connectivity index (χ0) is 28.6. The van der Waals surface area contributed by atoms with Crippen LogP contribution < -0.4 is 0 Å². The van der Waals surface area contributed by atoms with Gasteiger partial charge >= 0.3 is 0 Å². The molecule has 0 spiro atoms. The minimum absolute atomic E-state index is 0.654. The second-order valence-electron chi connectivity index (χ2n) is 10.3. The number of fused-ring (bicyclic) bond motifs is 2. The molecule has 2 heterocycles. The van der Waals surface area contributed by atoms with Crippen molar-refractivity contribution in [3.8, 4) is 55.9 Å². The van der Waals surface area contributed by atoms with Crippen molar-refractivity contribution < 1.29 is 0 Å². The van der Waals surface area contributed by atoms with Gasteiger partial charge in [-0.1, -0.05) is 127 Å². The van der Waals surface area contributed by atoms with Gasteiger partial charge in [-0.05, 0) is 40.1 Å². The monoisotopic (exact) mass is 568 g/mol. The van der Waals surface area contributed by atoms with E-state index in [2.05, 4.69) is 78.9 Å². The van der Waals surface area contributed by atoms with Crippen LogP contribution in [0.25, 0.3) is 76.9 Å². The van der Waals surface area contributed by atoms with E-state index >= 15 is 0 Å². The highest BCUT2D eigenvalue weighted by Gasteiger charge is 2.16. The van der Waals surface area contributed by atoms with E-state index < -0.39 is 0 Å². The molecule has 6 aromatic carbocycles. The molecule has 0 atom stereocenters. The number of nitrogens with zero attached hydrogens (tertiary/aromatic N) is 4. The van der Waals surface area contributed by atoms with Gasteiger partial charge in [0.05, 0.1) is 10.2 Å². The van der Waals surface area contributed by atoms with Crippen molar-refractivity contribution in [1.82, 2.24) is 19.9 Å². The van der Waals surface area contributed by atoms with Gasteiger partial charge in [0.25, 0.3) is 0 Å². The largest absolute Gasteiger partial charge is 0.236 e. The molecule has 5 heteroatoms. The summed E-state index contributed by atoms with van der Waals surface area (Å²) in [5.74, 6) is 1.96. The van der Waals surface area contributed by atoms with Gasteiger partial charge in [-0.15, -0.1) is 11.3 Å². The van der Waals surface area contributed by atoms with Crippen molar-refractivity contribution >= 4 is 32.3 Å². The maximum Gasteiger partial charge on any atom is 0.164 e. The van der Waals surface area contributed by atoms with Gasteiger partial charge in [-0.3, -0.25) is 0 Å². The van der Waals surface area contributed by atoms with Gasteiger partial charge < -0.3 is 0 Å². The molecule has 0 amide bonds. The lowest BCUT2D eigenvalue weighted by Crippen LogP contribution is -2.00. The van der Waals surface area contributed by atoms with E-state index in [0.29, 0.717) is 17.5 Å². The Morgan fingerprint density at radius 2 is 0.884 bits per heavy atom. The summed E-state index contributed by atoms with van der Waals surface area (Å²) >= 11 is 1.73. The predicted molar refractivity (Wildman–Crippen MR) is 178 cm³/mol. The number of hydrogen-bond acceptors (Lipinski definition) is 5. The Balaban J connectivity index is 1.28. The fraction of sp³-hybridized carbons (Fsp3) is 0. The van der Waals surface area contributed by atoms with Gasteiger partial charge in [0, 0.05) is 22.3 Å². The first-order chi connectivity index (χ1) is 21.3. The van der Waals surface area contributed by atoms with Crippen LogP contribution in [0.1, 0.15) is 0 Å². The van der Waals surface area contributed by atoms with E-state index in [1.807, 2.05) is 66.7 Å². The van der Waals surface area contributed by atoms with Crippen molar-refractivity contribution in [2.45, 2.75) is 0 Å². The molecule has 0 saturated carbocycles. The second kappa shape index (κ2) is 10.7. The van der Waals surface area contributed by atoms with Crippen LogP contribution in [-0.2, 0) is 0 Å². The normalized spacial score (nSPS) is 11.3. The molecule has 43 heavy (non-hydrogen) atoms. The molecular weight excluding hydrogens is 545 g/mol. The zero-order valence-electron chi connectivity index (χ0n) is 23.1. The SMILES string of the molecule is c1ccc(-c2nc(-c3ccccc3)nc(-c3ccc(-c4ccc5nc(-c6ccccc6)sc5c4)c4ccccc34)n2)cc1. The highest BCUT2D eigenvalue weighted by atomic mass is 32.1. The van der Waals surface area contributed by atoms with E-state index in [1.54, 1.807) is 11.3 Å². The third-order valence-electron chi connectivity index (χ3n) is 7.58. The summed E-state index contributed by atoms with van der Waals surface area (Å²) in [4.78, 5) is 19.8. The van der Waals surface area contributed by atoms with E-state index in [0.717, 1.165) is 54.7 Å². The first kappa shape index (κ1) is 25.2. The molecule has 0 aliphatic heterocycles. The summed E-state index contributed by atoms with van der Waals surface area (Å²) in [6.45, 7) is 0. The fourth-order valence-electron chi connectivity index (χ4n) is 5.47. The van der Waals surface area contributed by atoms with Crippen molar-refractivity contribution in [2.75, 3.05) is 0 Å².